The lowest BCUT2D eigenvalue weighted by Crippen LogP contribution is -2.47. The molecule has 0 bridgehead atoms. The molecule has 1 atom stereocenters. The number of fused-ring (bicyclic) bond motifs is 3. The van der Waals surface area contributed by atoms with Gasteiger partial charge in [0.1, 0.15) is 23.5 Å². The highest BCUT2D eigenvalue weighted by atomic mass is 32.1. The molecule has 1 saturated carbocycles. The van der Waals surface area contributed by atoms with Crippen molar-refractivity contribution >= 4 is 35.8 Å². The number of nitrogens with one attached hydrogen (secondary N) is 1. The van der Waals surface area contributed by atoms with Crippen molar-refractivity contribution in [1.29, 1.82) is 0 Å². The van der Waals surface area contributed by atoms with Crippen molar-refractivity contribution < 1.29 is 9.53 Å². The topological polar surface area (TPSA) is 64.1 Å². The molecule has 1 fully saturated rings. The molecule has 2 heterocycles. The average Bonchev–Trinajstić information content (AvgIpc) is 3.23. The minimum Gasteiger partial charge on any atom is -0.474 e. The summed E-state index contributed by atoms with van der Waals surface area (Å²) in [6, 6.07) is 0. The summed E-state index contributed by atoms with van der Waals surface area (Å²) in [7, 11) is 5.77. The van der Waals surface area contributed by atoms with E-state index >= 15 is 0 Å². The molecule has 2 aliphatic rings. The van der Waals surface area contributed by atoms with E-state index in [2.05, 4.69) is 22.1 Å². The van der Waals surface area contributed by atoms with Crippen molar-refractivity contribution in [2.24, 2.45) is 0 Å². The maximum atomic E-state index is 11.1. The number of carbonyl (C=O) groups is 1. The smallest absolute Gasteiger partial charge is 0.225 e. The second kappa shape index (κ2) is 7.27. The summed E-state index contributed by atoms with van der Waals surface area (Å²) in [6.07, 6.45) is 10.4. The first-order valence-electron chi connectivity index (χ1n) is 9.54. The largest absolute Gasteiger partial charge is 0.474 e. The molecule has 0 unspecified atom stereocenters. The first-order chi connectivity index (χ1) is 12.7. The van der Waals surface area contributed by atoms with Crippen LogP contribution >= 0.6 is 11.3 Å². The van der Waals surface area contributed by atoms with E-state index in [1.807, 2.05) is 0 Å². The Morgan fingerprint density at radius 3 is 2.88 bits per heavy atom. The van der Waals surface area contributed by atoms with Gasteiger partial charge >= 0.3 is 0 Å². The third-order valence-corrected chi connectivity index (χ3v) is 7.40. The van der Waals surface area contributed by atoms with Gasteiger partial charge in [-0.25, -0.2) is 9.97 Å². The van der Waals surface area contributed by atoms with Crippen LogP contribution in [0.4, 0.5) is 0 Å². The Bertz CT molecular complexity index is 795. The van der Waals surface area contributed by atoms with E-state index in [9.17, 15) is 4.79 Å². The Morgan fingerprint density at radius 2 is 2.19 bits per heavy atom. The van der Waals surface area contributed by atoms with E-state index in [1.165, 1.54) is 10.4 Å². The standard InChI is InChI=1S/C19H24BN3O2S/c1-2-19(23-20)8-5-13(6-9-19)25-17-16-15-12(7-10-24)3-4-14(15)26-18(16)22-11-21-17/h10-13,23H,2-9H2,1H3/t12-,13?,19?/m1/s1. The van der Waals surface area contributed by atoms with E-state index in [1.54, 1.807) is 17.7 Å². The number of aldehydes is 1. The third kappa shape index (κ3) is 3.05. The van der Waals surface area contributed by atoms with Gasteiger partial charge in [0, 0.05) is 16.8 Å². The van der Waals surface area contributed by atoms with E-state index < -0.39 is 0 Å². The number of aryl methyl sites for hydroxylation is 1. The number of ether oxygens (including phenoxy) is 1. The lowest BCUT2D eigenvalue weighted by Gasteiger charge is -2.39. The molecule has 7 heteroatoms. The second-order valence-electron chi connectivity index (χ2n) is 7.53. The molecule has 136 valence electrons. The summed E-state index contributed by atoms with van der Waals surface area (Å²) in [5.74, 6) is 0.977. The zero-order chi connectivity index (χ0) is 18.1. The average molecular weight is 369 g/mol. The van der Waals surface area contributed by atoms with Gasteiger partial charge in [0.05, 0.1) is 5.39 Å². The van der Waals surface area contributed by atoms with Crippen LogP contribution in [0.25, 0.3) is 10.2 Å². The molecule has 0 aromatic carbocycles. The van der Waals surface area contributed by atoms with Crippen LogP contribution in [-0.4, -0.2) is 35.9 Å². The quantitative estimate of drug-likeness (QED) is 0.624. The summed E-state index contributed by atoms with van der Waals surface area (Å²) < 4.78 is 6.36. The van der Waals surface area contributed by atoms with Gasteiger partial charge in [0.25, 0.3) is 0 Å². The highest BCUT2D eigenvalue weighted by Crippen LogP contribution is 2.47. The first kappa shape index (κ1) is 17.9. The minimum atomic E-state index is 0.0412. The number of rotatable bonds is 6. The highest BCUT2D eigenvalue weighted by molar-refractivity contribution is 7.19. The number of thiophene rings is 1. The molecule has 2 aliphatic carbocycles. The monoisotopic (exact) mass is 369 g/mol. The van der Waals surface area contributed by atoms with Gasteiger partial charge < -0.3 is 14.8 Å². The Morgan fingerprint density at radius 1 is 1.38 bits per heavy atom. The van der Waals surface area contributed by atoms with Crippen molar-refractivity contribution in [1.82, 2.24) is 15.2 Å². The van der Waals surface area contributed by atoms with Crippen molar-refractivity contribution in [2.75, 3.05) is 0 Å². The van der Waals surface area contributed by atoms with Crippen LogP contribution < -0.4 is 9.96 Å². The van der Waals surface area contributed by atoms with Gasteiger partial charge in [-0.2, -0.15) is 0 Å². The zero-order valence-electron chi connectivity index (χ0n) is 15.2. The minimum absolute atomic E-state index is 0.0412. The first-order valence-corrected chi connectivity index (χ1v) is 10.4. The number of carbonyl (C=O) groups excluding carboxylic acids is 1. The molecule has 4 rings (SSSR count). The van der Waals surface area contributed by atoms with Gasteiger partial charge in [-0.15, -0.1) is 11.3 Å². The Balaban J connectivity index is 1.59. The highest BCUT2D eigenvalue weighted by Gasteiger charge is 2.34. The molecular weight excluding hydrogens is 345 g/mol. The van der Waals surface area contributed by atoms with E-state index in [4.69, 9.17) is 12.7 Å². The van der Waals surface area contributed by atoms with Crippen molar-refractivity contribution in [2.45, 2.75) is 75.9 Å². The summed E-state index contributed by atoms with van der Waals surface area (Å²) in [5.41, 5.74) is 1.30. The van der Waals surface area contributed by atoms with Crippen LogP contribution in [-0.2, 0) is 11.2 Å². The summed E-state index contributed by atoms with van der Waals surface area (Å²) in [5, 5.41) is 4.06. The molecule has 26 heavy (non-hydrogen) atoms. The predicted octanol–water partition coefficient (Wildman–Crippen LogP) is 3.45. The van der Waals surface area contributed by atoms with Gasteiger partial charge in [-0.3, -0.25) is 0 Å². The van der Waals surface area contributed by atoms with Crippen molar-refractivity contribution in [3.8, 4) is 5.88 Å². The lowest BCUT2D eigenvalue weighted by atomic mass is 9.77. The molecule has 0 spiro atoms. The van der Waals surface area contributed by atoms with Crippen LogP contribution in [0.15, 0.2) is 6.33 Å². The van der Waals surface area contributed by atoms with Crippen molar-refractivity contribution in [3.63, 3.8) is 0 Å². The molecule has 1 N–H and O–H groups in total. The normalized spacial score (nSPS) is 28.2. The number of hydrogen-bond donors (Lipinski definition) is 1. The van der Waals surface area contributed by atoms with E-state index in [-0.39, 0.29) is 17.6 Å². The second-order valence-corrected chi connectivity index (χ2v) is 8.61. The third-order valence-electron chi connectivity index (χ3n) is 6.23. The van der Waals surface area contributed by atoms with Crippen LogP contribution in [0, 0.1) is 0 Å². The van der Waals surface area contributed by atoms with Crippen LogP contribution in [0.1, 0.15) is 68.2 Å². The van der Waals surface area contributed by atoms with E-state index in [0.717, 1.165) is 61.4 Å². The van der Waals surface area contributed by atoms with Gasteiger partial charge in [0.15, 0.2) is 7.98 Å². The molecule has 2 aromatic heterocycles. The number of hydrogen-bond acceptors (Lipinski definition) is 6. The molecule has 2 aromatic rings. The van der Waals surface area contributed by atoms with Gasteiger partial charge in [0.2, 0.25) is 5.88 Å². The van der Waals surface area contributed by atoms with E-state index in [0.29, 0.717) is 12.3 Å². The number of aromatic nitrogens is 2. The molecule has 2 radical (unpaired) electrons. The Labute approximate surface area is 159 Å². The van der Waals surface area contributed by atoms with Crippen LogP contribution in [0.2, 0.25) is 0 Å². The fraction of sp³-hybridized carbons (Fsp3) is 0.632. The van der Waals surface area contributed by atoms with Crippen LogP contribution in [0.5, 0.6) is 5.88 Å². The fourth-order valence-electron chi connectivity index (χ4n) is 4.50. The van der Waals surface area contributed by atoms with Crippen LogP contribution in [0.3, 0.4) is 0 Å². The molecule has 0 amide bonds. The zero-order valence-corrected chi connectivity index (χ0v) is 16.0. The Kier molecular flexibility index (Phi) is 5.01. The molecule has 5 nitrogen and oxygen atoms in total. The van der Waals surface area contributed by atoms with Gasteiger partial charge in [-0.05, 0) is 56.4 Å². The predicted molar refractivity (Wildman–Crippen MR) is 104 cm³/mol. The summed E-state index contributed by atoms with van der Waals surface area (Å²) in [6.45, 7) is 2.18. The molecule has 0 aliphatic heterocycles. The Hall–Kier alpha value is -1.47. The summed E-state index contributed by atoms with van der Waals surface area (Å²) >= 11 is 1.73. The lowest BCUT2D eigenvalue weighted by molar-refractivity contribution is -0.108. The molecular formula is C19H24BN3O2S. The summed E-state index contributed by atoms with van der Waals surface area (Å²) in [4.78, 5) is 22.3. The maximum absolute atomic E-state index is 11.1. The van der Waals surface area contributed by atoms with Gasteiger partial charge in [-0.1, -0.05) is 6.92 Å². The maximum Gasteiger partial charge on any atom is 0.225 e. The van der Waals surface area contributed by atoms with Crippen molar-refractivity contribution in [3.05, 3.63) is 16.8 Å². The SMILES string of the molecule is [B]NC1(CC)CCC(Oc2ncnc3sc4c(c23)[C@@H](CC=O)CC4)CC1. The molecule has 0 saturated heterocycles. The number of nitrogens with zero attached hydrogens (tertiary/aromatic N) is 2. The fourth-order valence-corrected chi connectivity index (χ4v) is 5.73.